The molecule has 2 aromatic carbocycles. The first-order valence-electron chi connectivity index (χ1n) is 8.62. The maximum atomic E-state index is 11.2. The highest BCUT2D eigenvalue weighted by Crippen LogP contribution is 2.24. The molecule has 1 unspecified atom stereocenters. The fraction of sp³-hybridized carbons (Fsp3) is 0.350. The Bertz CT molecular complexity index is 764. The summed E-state index contributed by atoms with van der Waals surface area (Å²) in [5.74, 6) is -0.166. The van der Waals surface area contributed by atoms with Crippen LogP contribution in [-0.4, -0.2) is 29.1 Å². The standard InChI is InChI=1S/C20H21Cl2NO3/c21-18-8-5-15(10-19(18)22)13-26-17-6-3-14(4-7-17)11-23-9-1-2-16(12-23)20(24)25/h3-8,10,16H,1-2,9,11-13H2,(H,24,25). The van der Waals surface area contributed by atoms with Crippen LogP contribution in [0.3, 0.4) is 0 Å². The van der Waals surface area contributed by atoms with E-state index in [1.165, 1.54) is 0 Å². The van der Waals surface area contributed by atoms with Crippen LogP contribution in [-0.2, 0) is 17.9 Å². The summed E-state index contributed by atoms with van der Waals surface area (Å²) >= 11 is 11.9. The number of aliphatic carboxylic acids is 1. The molecule has 4 nitrogen and oxygen atoms in total. The van der Waals surface area contributed by atoms with Gasteiger partial charge in [0.15, 0.2) is 0 Å². The lowest BCUT2D eigenvalue weighted by molar-refractivity contribution is -0.143. The summed E-state index contributed by atoms with van der Waals surface area (Å²) in [5.41, 5.74) is 2.11. The summed E-state index contributed by atoms with van der Waals surface area (Å²) in [6, 6.07) is 13.4. The lowest BCUT2D eigenvalue weighted by Crippen LogP contribution is -2.38. The van der Waals surface area contributed by atoms with E-state index in [9.17, 15) is 9.90 Å². The number of rotatable bonds is 6. The van der Waals surface area contributed by atoms with Gasteiger partial charge in [-0.15, -0.1) is 0 Å². The lowest BCUT2D eigenvalue weighted by atomic mass is 9.98. The Labute approximate surface area is 163 Å². The average Bonchev–Trinajstić information content (AvgIpc) is 2.64. The monoisotopic (exact) mass is 393 g/mol. The molecule has 0 bridgehead atoms. The number of benzene rings is 2. The van der Waals surface area contributed by atoms with E-state index in [-0.39, 0.29) is 5.92 Å². The largest absolute Gasteiger partial charge is 0.489 e. The molecule has 2 aromatic rings. The molecule has 1 aliphatic rings. The van der Waals surface area contributed by atoms with Crippen molar-refractivity contribution < 1.29 is 14.6 Å². The van der Waals surface area contributed by atoms with Crippen molar-refractivity contribution in [3.8, 4) is 5.75 Å². The Hall–Kier alpha value is -1.75. The van der Waals surface area contributed by atoms with Crippen LogP contribution in [0.25, 0.3) is 0 Å². The molecule has 0 spiro atoms. The van der Waals surface area contributed by atoms with E-state index in [1.807, 2.05) is 30.3 Å². The van der Waals surface area contributed by atoms with Crippen LogP contribution in [0.5, 0.6) is 5.75 Å². The third kappa shape index (κ3) is 5.13. The highest BCUT2D eigenvalue weighted by atomic mass is 35.5. The fourth-order valence-electron chi connectivity index (χ4n) is 3.15. The number of hydrogen-bond donors (Lipinski definition) is 1. The quantitative estimate of drug-likeness (QED) is 0.760. The maximum Gasteiger partial charge on any atom is 0.307 e. The van der Waals surface area contributed by atoms with Crippen LogP contribution in [0.15, 0.2) is 42.5 Å². The minimum Gasteiger partial charge on any atom is -0.489 e. The molecule has 3 rings (SSSR count). The normalized spacial score (nSPS) is 17.8. The number of piperidine rings is 1. The van der Waals surface area contributed by atoms with Gasteiger partial charge in [0.25, 0.3) is 0 Å². The first-order chi connectivity index (χ1) is 12.5. The molecule has 1 aliphatic heterocycles. The molecule has 6 heteroatoms. The molecule has 138 valence electrons. The van der Waals surface area contributed by atoms with Crippen LogP contribution in [0.4, 0.5) is 0 Å². The third-order valence-electron chi connectivity index (χ3n) is 4.57. The summed E-state index contributed by atoms with van der Waals surface area (Å²) in [7, 11) is 0. The van der Waals surface area contributed by atoms with Crippen molar-refractivity contribution in [2.75, 3.05) is 13.1 Å². The molecule has 0 saturated carbocycles. The van der Waals surface area contributed by atoms with Crippen LogP contribution >= 0.6 is 23.2 Å². The highest BCUT2D eigenvalue weighted by molar-refractivity contribution is 6.42. The van der Waals surface area contributed by atoms with Gasteiger partial charge in [0.05, 0.1) is 16.0 Å². The minimum atomic E-state index is -0.694. The Morgan fingerprint density at radius 1 is 1.12 bits per heavy atom. The van der Waals surface area contributed by atoms with Gasteiger partial charge in [-0.25, -0.2) is 0 Å². The van der Waals surface area contributed by atoms with E-state index >= 15 is 0 Å². The predicted octanol–water partition coefficient (Wildman–Crippen LogP) is 4.87. The van der Waals surface area contributed by atoms with Crippen molar-refractivity contribution in [2.24, 2.45) is 5.92 Å². The average molecular weight is 394 g/mol. The predicted molar refractivity (Wildman–Crippen MR) is 103 cm³/mol. The van der Waals surface area contributed by atoms with E-state index in [0.717, 1.165) is 42.8 Å². The number of likely N-dealkylation sites (tertiary alicyclic amines) is 1. The summed E-state index contributed by atoms with van der Waals surface area (Å²) < 4.78 is 5.79. The van der Waals surface area contributed by atoms with Gasteiger partial charge in [-0.3, -0.25) is 9.69 Å². The number of carboxylic acids is 1. The van der Waals surface area contributed by atoms with E-state index in [4.69, 9.17) is 27.9 Å². The molecule has 1 atom stereocenters. The molecule has 0 radical (unpaired) electrons. The molecule has 1 saturated heterocycles. The molecule has 26 heavy (non-hydrogen) atoms. The molecular formula is C20H21Cl2NO3. The first kappa shape index (κ1) is 19.0. The van der Waals surface area contributed by atoms with Gasteiger partial charge in [0.1, 0.15) is 12.4 Å². The van der Waals surface area contributed by atoms with Crippen molar-refractivity contribution in [3.63, 3.8) is 0 Å². The Balaban J connectivity index is 1.53. The number of nitrogens with zero attached hydrogens (tertiary/aromatic N) is 1. The van der Waals surface area contributed by atoms with Gasteiger partial charge in [-0.05, 0) is 54.8 Å². The number of carboxylic acid groups (broad SMARTS) is 1. The van der Waals surface area contributed by atoms with Gasteiger partial charge < -0.3 is 9.84 Å². The summed E-state index contributed by atoms with van der Waals surface area (Å²) in [4.78, 5) is 13.4. The molecule has 1 N–H and O–H groups in total. The number of hydrogen-bond acceptors (Lipinski definition) is 3. The van der Waals surface area contributed by atoms with Gasteiger partial charge in [0.2, 0.25) is 0 Å². The van der Waals surface area contributed by atoms with Crippen LogP contribution < -0.4 is 4.74 Å². The van der Waals surface area contributed by atoms with E-state index < -0.39 is 5.97 Å². The van der Waals surface area contributed by atoms with E-state index in [0.29, 0.717) is 23.2 Å². The zero-order valence-electron chi connectivity index (χ0n) is 14.3. The van der Waals surface area contributed by atoms with Crippen molar-refractivity contribution in [2.45, 2.75) is 26.0 Å². The zero-order valence-corrected chi connectivity index (χ0v) is 15.8. The van der Waals surface area contributed by atoms with E-state index in [1.54, 1.807) is 12.1 Å². The third-order valence-corrected chi connectivity index (χ3v) is 5.31. The van der Waals surface area contributed by atoms with Crippen LogP contribution in [0.1, 0.15) is 24.0 Å². The number of carbonyl (C=O) groups is 1. The molecule has 1 fully saturated rings. The minimum absolute atomic E-state index is 0.252. The lowest BCUT2D eigenvalue weighted by Gasteiger charge is -2.30. The number of ether oxygens (including phenoxy) is 1. The van der Waals surface area contributed by atoms with Crippen molar-refractivity contribution in [1.82, 2.24) is 4.90 Å². The Morgan fingerprint density at radius 3 is 2.54 bits per heavy atom. The van der Waals surface area contributed by atoms with Crippen LogP contribution in [0, 0.1) is 5.92 Å². The first-order valence-corrected chi connectivity index (χ1v) is 9.37. The van der Waals surface area contributed by atoms with Crippen molar-refractivity contribution in [3.05, 3.63) is 63.6 Å². The zero-order chi connectivity index (χ0) is 18.5. The maximum absolute atomic E-state index is 11.2. The molecular weight excluding hydrogens is 373 g/mol. The fourth-order valence-corrected chi connectivity index (χ4v) is 3.47. The topological polar surface area (TPSA) is 49.8 Å². The van der Waals surface area contributed by atoms with Crippen LogP contribution in [0.2, 0.25) is 10.0 Å². The second kappa shape index (κ2) is 8.76. The van der Waals surface area contributed by atoms with Gasteiger partial charge in [0, 0.05) is 13.1 Å². The highest BCUT2D eigenvalue weighted by Gasteiger charge is 2.25. The molecule has 0 aromatic heterocycles. The second-order valence-electron chi connectivity index (χ2n) is 6.59. The summed E-state index contributed by atoms with van der Waals surface area (Å²) in [6.07, 6.45) is 1.70. The van der Waals surface area contributed by atoms with Gasteiger partial charge in [-0.2, -0.15) is 0 Å². The SMILES string of the molecule is O=C(O)C1CCCN(Cc2ccc(OCc3ccc(Cl)c(Cl)c3)cc2)C1. The van der Waals surface area contributed by atoms with Crippen molar-refractivity contribution in [1.29, 1.82) is 0 Å². The second-order valence-corrected chi connectivity index (χ2v) is 7.41. The smallest absolute Gasteiger partial charge is 0.307 e. The van der Waals surface area contributed by atoms with Gasteiger partial charge >= 0.3 is 5.97 Å². The molecule has 0 amide bonds. The summed E-state index contributed by atoms with van der Waals surface area (Å²) in [5, 5.41) is 10.2. The molecule has 0 aliphatic carbocycles. The Kier molecular flexibility index (Phi) is 6.41. The molecule has 1 heterocycles. The summed E-state index contributed by atoms with van der Waals surface area (Å²) in [6.45, 7) is 2.74. The van der Waals surface area contributed by atoms with Crippen molar-refractivity contribution >= 4 is 29.2 Å². The van der Waals surface area contributed by atoms with E-state index in [2.05, 4.69) is 4.90 Å². The van der Waals surface area contributed by atoms with Gasteiger partial charge in [-0.1, -0.05) is 41.4 Å². The Morgan fingerprint density at radius 2 is 1.85 bits per heavy atom. The number of halogens is 2.